The Morgan fingerprint density at radius 2 is 1.00 bits per heavy atom. The average Bonchev–Trinajstić information content (AvgIpc) is 2.31. The molecular weight excluding hydrogens is 216 g/mol. The highest BCUT2D eigenvalue weighted by Crippen LogP contribution is 2.10. The first-order chi connectivity index (χ1) is 7.91. The largest absolute Gasteiger partial charge is 0.428 e. The van der Waals surface area contributed by atoms with Crippen LogP contribution in [0.15, 0.2) is 0 Å². The Bertz CT molecular complexity index is 107. The summed E-state index contributed by atoms with van der Waals surface area (Å²) in [7, 11) is 2.68. The molecule has 98 valence electrons. The Balaban J connectivity index is 2.83. The van der Waals surface area contributed by atoms with E-state index >= 15 is 0 Å². The first-order valence-electron chi connectivity index (χ1n) is 6.89. The van der Waals surface area contributed by atoms with E-state index < -0.39 is 0 Å². The number of hydrogen-bond acceptors (Lipinski definition) is 2. The van der Waals surface area contributed by atoms with Crippen LogP contribution in [0.4, 0.5) is 0 Å². The zero-order valence-corrected chi connectivity index (χ0v) is 13.3. The van der Waals surface area contributed by atoms with E-state index in [4.69, 9.17) is 9.16 Å². The highest BCUT2D eigenvalue weighted by Gasteiger charge is 1.92. The lowest BCUT2D eigenvalue weighted by atomic mass is 10.1. The van der Waals surface area contributed by atoms with E-state index in [1.165, 1.54) is 64.2 Å². The van der Waals surface area contributed by atoms with E-state index in [1.54, 1.807) is 7.11 Å². The molecule has 0 aromatic carbocycles. The van der Waals surface area contributed by atoms with Crippen molar-refractivity contribution in [2.45, 2.75) is 64.2 Å². The van der Waals surface area contributed by atoms with Crippen LogP contribution < -0.4 is 0 Å². The van der Waals surface area contributed by atoms with Crippen LogP contribution in [-0.4, -0.2) is 30.8 Å². The Kier molecular flexibility index (Phi) is 15.3. The van der Waals surface area contributed by atoms with Crippen molar-refractivity contribution in [1.82, 2.24) is 0 Å². The van der Waals surface area contributed by atoms with Crippen molar-refractivity contribution in [3.8, 4) is 0 Å². The zero-order valence-electron chi connectivity index (χ0n) is 11.3. The van der Waals surface area contributed by atoms with Gasteiger partial charge in [0.25, 0.3) is 0 Å². The van der Waals surface area contributed by atoms with Crippen LogP contribution in [0.1, 0.15) is 64.2 Å². The van der Waals surface area contributed by atoms with Crippen molar-refractivity contribution in [3.63, 3.8) is 0 Å². The highest BCUT2D eigenvalue weighted by atomic mass is 28.2. The van der Waals surface area contributed by atoms with E-state index in [0.717, 1.165) is 23.7 Å². The summed E-state index contributed by atoms with van der Waals surface area (Å²) in [5.74, 6) is 0. The van der Waals surface area contributed by atoms with Gasteiger partial charge in [-0.05, 0) is 12.8 Å². The maximum atomic E-state index is 5.16. The summed E-state index contributed by atoms with van der Waals surface area (Å²) < 4.78 is 10.2. The number of methoxy groups -OCH3 is 1. The zero-order chi connectivity index (χ0) is 11.9. The molecule has 0 fully saturated rings. The van der Waals surface area contributed by atoms with Gasteiger partial charge in [-0.1, -0.05) is 51.4 Å². The first-order valence-corrected chi connectivity index (χ1v) is 7.71. The van der Waals surface area contributed by atoms with E-state index in [-0.39, 0.29) is 0 Å². The number of ether oxygens (including phenoxy) is 1. The molecule has 0 amide bonds. The quantitative estimate of drug-likeness (QED) is 0.367. The standard InChI is InChI=1S/C13H30O2Si/c1-14-12-10-8-6-4-2-3-5-7-9-11-13-15-16/h2-13H2,1,16H3. The lowest BCUT2D eigenvalue weighted by molar-refractivity contribution is 0.192. The molecule has 0 aromatic rings. The van der Waals surface area contributed by atoms with Gasteiger partial charge in [-0.2, -0.15) is 0 Å². The SMILES string of the molecule is COCCCCCCCCCCCCO[SiH3]. The first kappa shape index (κ1) is 16.1. The maximum Gasteiger partial charge on any atom is 0.145 e. The van der Waals surface area contributed by atoms with Crippen LogP contribution in [0.2, 0.25) is 0 Å². The Morgan fingerprint density at radius 3 is 1.38 bits per heavy atom. The fourth-order valence-corrected chi connectivity index (χ4v) is 2.20. The fraction of sp³-hybridized carbons (Fsp3) is 1.00. The lowest BCUT2D eigenvalue weighted by Crippen LogP contribution is -1.90. The van der Waals surface area contributed by atoms with Gasteiger partial charge in [0, 0.05) is 20.3 Å². The van der Waals surface area contributed by atoms with E-state index in [1.807, 2.05) is 0 Å². The number of rotatable bonds is 13. The molecule has 0 aliphatic heterocycles. The smallest absolute Gasteiger partial charge is 0.145 e. The molecule has 0 saturated heterocycles. The molecule has 0 unspecified atom stereocenters. The van der Waals surface area contributed by atoms with Gasteiger partial charge >= 0.3 is 0 Å². The molecule has 0 aromatic heterocycles. The molecular formula is C13H30O2Si. The molecule has 0 atom stereocenters. The summed E-state index contributed by atoms with van der Waals surface area (Å²) >= 11 is 0. The fourth-order valence-electron chi connectivity index (χ4n) is 1.91. The molecule has 0 aliphatic carbocycles. The van der Waals surface area contributed by atoms with Gasteiger partial charge in [-0.15, -0.1) is 0 Å². The second-order valence-electron chi connectivity index (χ2n) is 4.52. The monoisotopic (exact) mass is 246 g/mol. The third kappa shape index (κ3) is 14.1. The summed E-state index contributed by atoms with van der Waals surface area (Å²) in [6.45, 7) is 1.92. The summed E-state index contributed by atoms with van der Waals surface area (Å²) in [5.41, 5.74) is 0. The Morgan fingerprint density at radius 1 is 0.625 bits per heavy atom. The summed E-state index contributed by atoms with van der Waals surface area (Å²) in [6.07, 6.45) is 13.6. The van der Waals surface area contributed by atoms with Crippen LogP contribution in [0.3, 0.4) is 0 Å². The molecule has 0 N–H and O–H groups in total. The van der Waals surface area contributed by atoms with Crippen LogP contribution in [0.5, 0.6) is 0 Å². The summed E-state index contributed by atoms with van der Waals surface area (Å²) in [4.78, 5) is 0. The molecule has 0 radical (unpaired) electrons. The minimum absolute atomic E-state index is 0.901. The van der Waals surface area contributed by atoms with Gasteiger partial charge in [0.15, 0.2) is 0 Å². The molecule has 0 heterocycles. The third-order valence-corrected chi connectivity index (χ3v) is 3.36. The molecule has 0 saturated carbocycles. The predicted molar refractivity (Wildman–Crippen MR) is 73.9 cm³/mol. The van der Waals surface area contributed by atoms with Gasteiger partial charge in [0.05, 0.1) is 0 Å². The number of unbranched alkanes of at least 4 members (excludes halogenated alkanes) is 9. The Labute approximate surface area is 105 Å². The van der Waals surface area contributed by atoms with Crippen molar-refractivity contribution in [2.75, 3.05) is 20.3 Å². The van der Waals surface area contributed by atoms with Gasteiger partial charge in [0.2, 0.25) is 0 Å². The second-order valence-corrected chi connectivity index (χ2v) is 5.10. The molecule has 16 heavy (non-hydrogen) atoms. The molecule has 0 bridgehead atoms. The van der Waals surface area contributed by atoms with Crippen LogP contribution >= 0.6 is 0 Å². The summed E-state index contributed by atoms with van der Waals surface area (Å²) in [5, 5.41) is 0. The minimum Gasteiger partial charge on any atom is -0.428 e. The highest BCUT2D eigenvalue weighted by molar-refractivity contribution is 5.97. The van der Waals surface area contributed by atoms with Crippen molar-refractivity contribution in [2.24, 2.45) is 0 Å². The van der Waals surface area contributed by atoms with Crippen LogP contribution in [-0.2, 0) is 9.16 Å². The number of hydrogen-bond donors (Lipinski definition) is 0. The molecule has 0 rings (SSSR count). The van der Waals surface area contributed by atoms with E-state index in [2.05, 4.69) is 0 Å². The molecule has 2 nitrogen and oxygen atoms in total. The minimum atomic E-state index is 0.901. The van der Waals surface area contributed by atoms with E-state index in [0.29, 0.717) is 0 Å². The van der Waals surface area contributed by atoms with Gasteiger partial charge in [0.1, 0.15) is 10.5 Å². The van der Waals surface area contributed by atoms with Crippen molar-refractivity contribution < 1.29 is 9.16 Å². The van der Waals surface area contributed by atoms with Gasteiger partial charge < -0.3 is 9.16 Å². The average molecular weight is 246 g/mol. The van der Waals surface area contributed by atoms with Crippen LogP contribution in [0.25, 0.3) is 0 Å². The predicted octanol–water partition coefficient (Wildman–Crippen LogP) is 2.83. The maximum absolute atomic E-state index is 5.16. The molecule has 3 heteroatoms. The Hall–Kier alpha value is 0.137. The van der Waals surface area contributed by atoms with Gasteiger partial charge in [-0.25, -0.2) is 0 Å². The lowest BCUT2D eigenvalue weighted by Gasteiger charge is -2.02. The van der Waals surface area contributed by atoms with Crippen molar-refractivity contribution in [3.05, 3.63) is 0 Å². The molecule has 0 aliphatic rings. The van der Waals surface area contributed by atoms with Gasteiger partial charge in [-0.3, -0.25) is 0 Å². The third-order valence-electron chi connectivity index (χ3n) is 2.95. The van der Waals surface area contributed by atoms with Crippen molar-refractivity contribution >= 4 is 10.5 Å². The molecule has 0 spiro atoms. The second kappa shape index (κ2) is 15.1. The normalized spacial score (nSPS) is 11.1. The van der Waals surface area contributed by atoms with Crippen LogP contribution in [0, 0.1) is 0 Å². The summed E-state index contributed by atoms with van der Waals surface area (Å²) in [6, 6.07) is 0. The van der Waals surface area contributed by atoms with Crippen molar-refractivity contribution in [1.29, 1.82) is 0 Å². The topological polar surface area (TPSA) is 18.5 Å². The van der Waals surface area contributed by atoms with E-state index in [9.17, 15) is 0 Å².